The lowest BCUT2D eigenvalue weighted by Gasteiger charge is -2.20. The number of aliphatic imine (C=N–C) groups is 1. The molecule has 8 heteroatoms. The Hall–Kier alpha value is -2.64. The molecule has 2 aromatic rings. The van der Waals surface area contributed by atoms with Gasteiger partial charge in [-0.15, -0.1) is 0 Å². The zero-order chi connectivity index (χ0) is 20.6. The molecular formula is C20H30FN5O2. The van der Waals surface area contributed by atoms with Crippen LogP contribution in [-0.2, 0) is 12.0 Å². The first-order valence-electron chi connectivity index (χ1n) is 9.59. The van der Waals surface area contributed by atoms with Gasteiger partial charge < -0.3 is 19.9 Å². The van der Waals surface area contributed by atoms with Crippen molar-refractivity contribution in [1.82, 2.24) is 20.8 Å². The van der Waals surface area contributed by atoms with Gasteiger partial charge in [0.05, 0.1) is 6.54 Å². The van der Waals surface area contributed by atoms with Crippen LogP contribution in [-0.4, -0.2) is 35.3 Å². The van der Waals surface area contributed by atoms with Crippen molar-refractivity contribution < 1.29 is 13.7 Å². The number of ether oxygens (including phenoxy) is 1. The highest BCUT2D eigenvalue weighted by Gasteiger charge is 2.21. The van der Waals surface area contributed by atoms with Crippen LogP contribution in [0.1, 0.15) is 52.8 Å². The van der Waals surface area contributed by atoms with Gasteiger partial charge in [0, 0.05) is 18.0 Å². The fourth-order valence-corrected chi connectivity index (χ4v) is 2.33. The molecule has 154 valence electrons. The maximum absolute atomic E-state index is 13.3. The lowest BCUT2D eigenvalue weighted by atomic mass is 9.97. The number of aromatic nitrogens is 2. The minimum Gasteiger partial charge on any atom is -0.489 e. The molecule has 2 N–H and O–H groups in total. The molecule has 0 saturated carbocycles. The number of hydrogen-bond donors (Lipinski definition) is 2. The van der Waals surface area contributed by atoms with Gasteiger partial charge in [0.15, 0.2) is 11.8 Å². The van der Waals surface area contributed by atoms with Crippen molar-refractivity contribution in [3.05, 3.63) is 41.8 Å². The molecule has 0 bridgehead atoms. The second-order valence-electron chi connectivity index (χ2n) is 7.45. The first-order valence-corrected chi connectivity index (χ1v) is 9.59. The maximum Gasteiger partial charge on any atom is 0.232 e. The summed E-state index contributed by atoms with van der Waals surface area (Å²) < 4.78 is 24.5. The van der Waals surface area contributed by atoms with E-state index in [-0.39, 0.29) is 17.3 Å². The predicted octanol–water partition coefficient (Wildman–Crippen LogP) is 3.42. The van der Waals surface area contributed by atoms with Crippen molar-refractivity contribution in [3.63, 3.8) is 0 Å². The van der Waals surface area contributed by atoms with Gasteiger partial charge in [0.2, 0.25) is 5.89 Å². The van der Waals surface area contributed by atoms with Gasteiger partial charge >= 0.3 is 0 Å². The van der Waals surface area contributed by atoms with Crippen LogP contribution in [0.2, 0.25) is 0 Å². The smallest absolute Gasteiger partial charge is 0.232 e. The SMILES string of the molecule is CCNC(=NCc1noc(C(C)(C)C)n1)NCC(CC)Oc1cccc(F)c1. The van der Waals surface area contributed by atoms with Gasteiger partial charge in [-0.1, -0.05) is 38.9 Å². The number of benzene rings is 1. The molecule has 0 amide bonds. The molecule has 7 nitrogen and oxygen atoms in total. The summed E-state index contributed by atoms with van der Waals surface area (Å²) >= 11 is 0. The molecule has 0 fully saturated rings. The van der Waals surface area contributed by atoms with Gasteiger partial charge in [0.1, 0.15) is 24.2 Å². The Balaban J connectivity index is 1.95. The average molecular weight is 391 g/mol. The second kappa shape index (κ2) is 10.1. The Morgan fingerprint density at radius 1 is 1.29 bits per heavy atom. The van der Waals surface area contributed by atoms with Crippen molar-refractivity contribution >= 4 is 5.96 Å². The zero-order valence-electron chi connectivity index (χ0n) is 17.3. The molecule has 28 heavy (non-hydrogen) atoms. The van der Waals surface area contributed by atoms with Crippen molar-refractivity contribution in [2.75, 3.05) is 13.1 Å². The fraction of sp³-hybridized carbons (Fsp3) is 0.550. The lowest BCUT2D eigenvalue weighted by Crippen LogP contribution is -2.42. The highest BCUT2D eigenvalue weighted by Crippen LogP contribution is 2.19. The first-order chi connectivity index (χ1) is 13.3. The summed E-state index contributed by atoms with van der Waals surface area (Å²) in [7, 11) is 0. The second-order valence-corrected chi connectivity index (χ2v) is 7.45. The summed E-state index contributed by atoms with van der Waals surface area (Å²) in [5.74, 6) is 1.95. The maximum atomic E-state index is 13.3. The van der Waals surface area contributed by atoms with E-state index < -0.39 is 0 Å². The van der Waals surface area contributed by atoms with Crippen LogP contribution in [0.3, 0.4) is 0 Å². The third-order valence-electron chi connectivity index (χ3n) is 3.88. The average Bonchev–Trinajstić information content (AvgIpc) is 3.12. The van der Waals surface area contributed by atoms with Crippen LogP contribution in [0.4, 0.5) is 4.39 Å². The summed E-state index contributed by atoms with van der Waals surface area (Å²) in [6.07, 6.45) is 0.645. The molecule has 1 heterocycles. The topological polar surface area (TPSA) is 84.6 Å². The highest BCUT2D eigenvalue weighted by molar-refractivity contribution is 5.79. The van der Waals surface area contributed by atoms with E-state index in [1.807, 2.05) is 34.6 Å². The zero-order valence-corrected chi connectivity index (χ0v) is 17.3. The molecule has 0 spiro atoms. The van der Waals surface area contributed by atoms with Crippen molar-refractivity contribution in [2.24, 2.45) is 4.99 Å². The summed E-state index contributed by atoms with van der Waals surface area (Å²) in [6, 6.07) is 6.15. The third-order valence-corrected chi connectivity index (χ3v) is 3.88. The Kier molecular flexibility index (Phi) is 7.78. The van der Waals surface area contributed by atoms with Gasteiger partial charge in [-0.2, -0.15) is 4.98 Å². The van der Waals surface area contributed by atoms with Crippen LogP contribution in [0.15, 0.2) is 33.8 Å². The Bertz CT molecular complexity index is 770. The minimum atomic E-state index is -0.315. The Labute approximate surface area is 165 Å². The number of halogens is 1. The molecule has 1 aromatic heterocycles. The first kappa shape index (κ1) is 21.7. The van der Waals surface area contributed by atoms with E-state index in [9.17, 15) is 4.39 Å². The number of guanidine groups is 1. The summed E-state index contributed by atoms with van der Waals surface area (Å²) in [4.78, 5) is 8.89. The molecule has 2 rings (SSSR count). The lowest BCUT2D eigenvalue weighted by molar-refractivity contribution is 0.198. The summed E-state index contributed by atoms with van der Waals surface area (Å²) in [6.45, 7) is 11.6. The van der Waals surface area contributed by atoms with Crippen LogP contribution < -0.4 is 15.4 Å². The van der Waals surface area contributed by atoms with Gasteiger partial charge in [-0.3, -0.25) is 0 Å². The third kappa shape index (κ3) is 6.83. The van der Waals surface area contributed by atoms with Crippen LogP contribution >= 0.6 is 0 Å². The van der Waals surface area contributed by atoms with Crippen LogP contribution in [0.5, 0.6) is 5.75 Å². The van der Waals surface area contributed by atoms with Gasteiger partial charge in [-0.05, 0) is 25.5 Å². The normalized spacial score (nSPS) is 13.3. The van der Waals surface area contributed by atoms with E-state index in [0.29, 0.717) is 43.1 Å². The molecule has 1 aromatic carbocycles. The van der Waals surface area contributed by atoms with Crippen molar-refractivity contribution in [1.29, 1.82) is 0 Å². The molecule has 1 unspecified atom stereocenters. The van der Waals surface area contributed by atoms with Crippen LogP contribution in [0, 0.1) is 5.82 Å². The predicted molar refractivity (Wildman–Crippen MR) is 107 cm³/mol. The van der Waals surface area contributed by atoms with E-state index in [2.05, 4.69) is 25.8 Å². The quantitative estimate of drug-likeness (QED) is 0.530. The van der Waals surface area contributed by atoms with E-state index in [1.165, 1.54) is 12.1 Å². The van der Waals surface area contributed by atoms with Crippen molar-refractivity contribution in [2.45, 2.75) is 59.1 Å². The van der Waals surface area contributed by atoms with E-state index >= 15 is 0 Å². The Morgan fingerprint density at radius 3 is 2.68 bits per heavy atom. The molecule has 0 saturated heterocycles. The number of rotatable bonds is 8. The molecule has 0 aliphatic heterocycles. The molecule has 0 radical (unpaired) electrons. The number of nitrogens with one attached hydrogen (secondary N) is 2. The number of nitrogens with zero attached hydrogens (tertiary/aromatic N) is 3. The molecule has 0 aliphatic carbocycles. The molecular weight excluding hydrogens is 361 g/mol. The van der Waals surface area contributed by atoms with Crippen molar-refractivity contribution in [3.8, 4) is 5.75 Å². The van der Waals surface area contributed by atoms with Crippen LogP contribution in [0.25, 0.3) is 0 Å². The highest BCUT2D eigenvalue weighted by atomic mass is 19.1. The Morgan fingerprint density at radius 2 is 2.07 bits per heavy atom. The van der Waals surface area contributed by atoms with E-state index in [1.54, 1.807) is 12.1 Å². The fourth-order valence-electron chi connectivity index (χ4n) is 2.33. The largest absolute Gasteiger partial charge is 0.489 e. The summed E-state index contributed by atoms with van der Waals surface area (Å²) in [5, 5.41) is 10.4. The minimum absolute atomic E-state index is 0.122. The number of hydrogen-bond acceptors (Lipinski definition) is 5. The van der Waals surface area contributed by atoms with Gasteiger partial charge in [0.25, 0.3) is 0 Å². The molecule has 1 atom stereocenters. The monoisotopic (exact) mass is 391 g/mol. The van der Waals surface area contributed by atoms with E-state index in [0.717, 1.165) is 6.42 Å². The summed E-state index contributed by atoms with van der Waals surface area (Å²) in [5.41, 5.74) is -0.194. The molecule has 0 aliphatic rings. The standard InChI is InChI=1S/C20H30FN5O2/c1-6-15(27-16-10-8-9-14(21)11-16)12-23-19(22-7-2)24-13-17-25-18(28-26-17)20(3,4)5/h8-11,15H,6-7,12-13H2,1-5H3,(H2,22,23,24). The van der Waals surface area contributed by atoms with E-state index in [4.69, 9.17) is 9.26 Å². The van der Waals surface area contributed by atoms with Gasteiger partial charge in [-0.25, -0.2) is 9.38 Å².